The van der Waals surface area contributed by atoms with Crippen molar-refractivity contribution in [1.29, 1.82) is 0 Å². The zero-order chi connectivity index (χ0) is 30.6. The van der Waals surface area contributed by atoms with Crippen molar-refractivity contribution in [2.24, 2.45) is 23.2 Å². The van der Waals surface area contributed by atoms with Gasteiger partial charge in [-0.1, -0.05) is 25.1 Å². The highest BCUT2D eigenvalue weighted by Gasteiger charge is 2.50. The molecule has 0 saturated heterocycles. The lowest BCUT2D eigenvalue weighted by atomic mass is 9.49. The molecule has 228 valence electrons. The van der Waals surface area contributed by atoms with Gasteiger partial charge in [0.1, 0.15) is 5.69 Å². The average molecular weight is 631 g/mol. The first-order valence-corrected chi connectivity index (χ1v) is 17.5. The molecule has 4 saturated carbocycles. The van der Waals surface area contributed by atoms with Crippen molar-refractivity contribution in [3.05, 3.63) is 81.3 Å². The minimum atomic E-state index is -4.36. The van der Waals surface area contributed by atoms with Crippen molar-refractivity contribution in [2.75, 3.05) is 11.9 Å². The van der Waals surface area contributed by atoms with Crippen molar-refractivity contribution in [2.45, 2.75) is 56.8 Å². The van der Waals surface area contributed by atoms with Crippen LogP contribution in [0, 0.1) is 33.3 Å². The summed E-state index contributed by atoms with van der Waals surface area (Å²) in [6.07, 6.45) is 8.26. The van der Waals surface area contributed by atoms with E-state index < -0.39 is 20.9 Å². The highest BCUT2D eigenvalue weighted by molar-refractivity contribution is 7.90. The number of sulfonamides is 1. The molecule has 2 N–H and O–H groups in total. The van der Waals surface area contributed by atoms with E-state index in [0.29, 0.717) is 12.2 Å². The average Bonchev–Trinajstić information content (AvgIpc) is 3.42. The van der Waals surface area contributed by atoms with Crippen molar-refractivity contribution in [3.63, 3.8) is 0 Å². The predicted octanol–water partition coefficient (Wildman–Crippen LogP) is 7.18. The van der Waals surface area contributed by atoms with Crippen LogP contribution in [0.4, 0.5) is 11.4 Å². The van der Waals surface area contributed by atoms with Crippen LogP contribution in [0.3, 0.4) is 0 Å². The smallest absolute Gasteiger partial charge is 0.293 e. The first-order valence-electron chi connectivity index (χ1n) is 15.2. The van der Waals surface area contributed by atoms with E-state index in [1.165, 1.54) is 31.4 Å². The number of nitro benzene ring substituents is 1. The van der Waals surface area contributed by atoms with Crippen LogP contribution < -0.4 is 10.0 Å². The van der Waals surface area contributed by atoms with Crippen LogP contribution in [-0.4, -0.2) is 30.8 Å². The molecule has 4 aliphatic carbocycles. The van der Waals surface area contributed by atoms with Gasteiger partial charge in [-0.3, -0.25) is 14.9 Å². The summed E-state index contributed by atoms with van der Waals surface area (Å²) in [6.45, 7) is 2.72. The van der Waals surface area contributed by atoms with Crippen molar-refractivity contribution >= 4 is 48.9 Å². The standard InChI is InChI=1S/C33H34N4O5S2/c1-2-31-35-28-14-25(7-10-30(28)43-31)23-3-5-24(6-4-23)32(38)36-44(41,42)26-8-9-27(29(15-26)37(39)40)34-19-33-16-20-11-21(17-33)13-22(12-20)18-33/h3-10,14-15,20-22,34H,2,11-13,16-19H2,1H3,(H,36,38). The first kappa shape index (κ1) is 28.9. The third-order valence-corrected chi connectivity index (χ3v) is 12.2. The van der Waals surface area contributed by atoms with Gasteiger partial charge in [0.2, 0.25) is 0 Å². The SMILES string of the molecule is CCc1nc2cc(-c3ccc(C(=O)NS(=O)(=O)c4ccc(NCC56CC7CC(CC(C7)C5)C6)c([N+](=O)[O-])c4)cc3)ccc2s1. The number of anilines is 1. The van der Waals surface area contributed by atoms with Gasteiger partial charge in [-0.25, -0.2) is 18.1 Å². The third kappa shape index (κ3) is 5.47. The van der Waals surface area contributed by atoms with Crippen LogP contribution in [0.15, 0.2) is 65.6 Å². The van der Waals surface area contributed by atoms with Gasteiger partial charge < -0.3 is 5.32 Å². The van der Waals surface area contributed by atoms with Gasteiger partial charge in [0.15, 0.2) is 0 Å². The molecule has 0 radical (unpaired) electrons. The molecule has 4 aromatic rings. The number of hydrogen-bond acceptors (Lipinski definition) is 8. The second-order valence-corrected chi connectivity index (χ2v) is 15.7. The number of nitrogens with one attached hydrogen (secondary N) is 2. The number of carbonyl (C=O) groups is 1. The Hall–Kier alpha value is -3.83. The Kier molecular flexibility index (Phi) is 7.20. The van der Waals surface area contributed by atoms with Gasteiger partial charge >= 0.3 is 0 Å². The lowest BCUT2D eigenvalue weighted by Crippen LogP contribution is -2.49. The van der Waals surface area contributed by atoms with Gasteiger partial charge in [0.05, 0.1) is 25.0 Å². The molecule has 9 nitrogen and oxygen atoms in total. The van der Waals surface area contributed by atoms with E-state index in [0.717, 1.165) is 75.9 Å². The molecule has 44 heavy (non-hydrogen) atoms. The van der Waals surface area contributed by atoms with Gasteiger partial charge in [0, 0.05) is 18.2 Å². The zero-order valence-electron chi connectivity index (χ0n) is 24.4. The lowest BCUT2D eigenvalue weighted by molar-refractivity contribution is -0.384. The molecule has 1 amide bonds. The number of thiazole rings is 1. The summed E-state index contributed by atoms with van der Waals surface area (Å²) in [5, 5.41) is 16.4. The molecule has 4 aliphatic rings. The summed E-state index contributed by atoms with van der Waals surface area (Å²) in [6, 6.07) is 16.4. The van der Waals surface area contributed by atoms with E-state index in [1.54, 1.807) is 35.6 Å². The van der Waals surface area contributed by atoms with Gasteiger partial charge in [-0.15, -0.1) is 11.3 Å². The summed E-state index contributed by atoms with van der Waals surface area (Å²) < 4.78 is 29.5. The van der Waals surface area contributed by atoms with Crippen LogP contribution >= 0.6 is 11.3 Å². The molecule has 0 atom stereocenters. The number of aromatic nitrogens is 1. The summed E-state index contributed by atoms with van der Waals surface area (Å²) in [7, 11) is -4.36. The zero-order valence-corrected chi connectivity index (χ0v) is 26.0. The Balaban J connectivity index is 1.05. The Labute approximate surface area is 260 Å². The molecule has 0 aliphatic heterocycles. The second kappa shape index (κ2) is 11.0. The topological polar surface area (TPSA) is 131 Å². The summed E-state index contributed by atoms with van der Waals surface area (Å²) in [5.74, 6) is 1.46. The van der Waals surface area contributed by atoms with E-state index in [2.05, 4.69) is 21.9 Å². The van der Waals surface area contributed by atoms with E-state index in [4.69, 9.17) is 0 Å². The maximum absolute atomic E-state index is 13.1. The Morgan fingerprint density at radius 3 is 2.27 bits per heavy atom. The highest BCUT2D eigenvalue weighted by atomic mass is 32.2. The molecule has 8 rings (SSSR count). The Morgan fingerprint density at radius 2 is 1.64 bits per heavy atom. The van der Waals surface area contributed by atoms with Gasteiger partial charge in [0.25, 0.3) is 21.6 Å². The minimum absolute atomic E-state index is 0.156. The van der Waals surface area contributed by atoms with Crippen LogP contribution in [0.5, 0.6) is 0 Å². The van der Waals surface area contributed by atoms with Crippen LogP contribution in [0.2, 0.25) is 0 Å². The molecule has 1 heterocycles. The fourth-order valence-corrected chi connectivity index (χ4v) is 10.0. The maximum Gasteiger partial charge on any atom is 0.293 e. The monoisotopic (exact) mass is 630 g/mol. The number of fused-ring (bicyclic) bond motifs is 1. The summed E-state index contributed by atoms with van der Waals surface area (Å²) in [4.78, 5) is 28.7. The van der Waals surface area contributed by atoms with Crippen molar-refractivity contribution < 1.29 is 18.1 Å². The highest BCUT2D eigenvalue weighted by Crippen LogP contribution is 2.60. The quantitative estimate of drug-likeness (QED) is 0.148. The number of carbonyl (C=O) groups excluding carboxylic acids is 1. The summed E-state index contributed by atoms with van der Waals surface area (Å²) in [5.41, 5.74) is 3.01. The van der Waals surface area contributed by atoms with E-state index >= 15 is 0 Å². The second-order valence-electron chi connectivity index (χ2n) is 12.9. The first-order chi connectivity index (χ1) is 21.1. The van der Waals surface area contributed by atoms with Crippen molar-refractivity contribution in [3.8, 4) is 11.1 Å². The van der Waals surface area contributed by atoms with E-state index in [9.17, 15) is 23.3 Å². The number of nitrogens with zero attached hydrogens (tertiary/aromatic N) is 2. The Morgan fingerprint density at radius 1 is 0.977 bits per heavy atom. The fraction of sp³-hybridized carbons (Fsp3) is 0.394. The third-order valence-electron chi connectivity index (χ3n) is 9.74. The van der Waals surface area contributed by atoms with Gasteiger partial charge in [-0.05, 0) is 116 Å². The molecule has 11 heteroatoms. The number of rotatable bonds is 9. The molecule has 4 fully saturated rings. The van der Waals surface area contributed by atoms with E-state index in [-0.39, 0.29) is 21.6 Å². The number of hydrogen-bond donors (Lipinski definition) is 2. The number of nitro groups is 1. The molecular weight excluding hydrogens is 597 g/mol. The molecule has 3 aromatic carbocycles. The lowest BCUT2D eigenvalue weighted by Gasteiger charge is -2.57. The van der Waals surface area contributed by atoms with Crippen LogP contribution in [0.1, 0.15) is 60.8 Å². The molecule has 0 unspecified atom stereocenters. The van der Waals surface area contributed by atoms with Gasteiger partial charge in [-0.2, -0.15) is 0 Å². The van der Waals surface area contributed by atoms with Crippen LogP contribution in [0.25, 0.3) is 21.3 Å². The van der Waals surface area contributed by atoms with Crippen LogP contribution in [-0.2, 0) is 16.4 Å². The Bertz CT molecular complexity index is 1850. The molecule has 0 spiro atoms. The summed E-state index contributed by atoms with van der Waals surface area (Å²) >= 11 is 1.66. The molecule has 4 bridgehead atoms. The fourth-order valence-electron chi connectivity index (χ4n) is 8.13. The molecular formula is C33H34N4O5S2. The number of benzene rings is 3. The molecule has 1 aromatic heterocycles. The predicted molar refractivity (Wildman–Crippen MR) is 171 cm³/mol. The number of aryl methyl sites for hydroxylation is 1. The minimum Gasteiger partial charge on any atom is -0.379 e. The van der Waals surface area contributed by atoms with Crippen molar-refractivity contribution in [1.82, 2.24) is 9.71 Å². The largest absolute Gasteiger partial charge is 0.379 e. The van der Waals surface area contributed by atoms with E-state index in [1.807, 2.05) is 18.2 Å². The normalized spacial score (nSPS) is 24.0. The number of amides is 1. The maximum atomic E-state index is 13.1.